The summed E-state index contributed by atoms with van der Waals surface area (Å²) in [6, 6.07) is 31.8. The van der Waals surface area contributed by atoms with Gasteiger partial charge in [-0.1, -0.05) is 54.6 Å². The Labute approximate surface area is 190 Å². The third kappa shape index (κ3) is 5.82. The van der Waals surface area contributed by atoms with Gasteiger partial charge in [0.05, 0.1) is 6.61 Å². The molecule has 0 atom stereocenters. The number of aromatic nitrogens is 1. The van der Waals surface area contributed by atoms with Crippen LogP contribution in [0.3, 0.4) is 0 Å². The van der Waals surface area contributed by atoms with E-state index >= 15 is 0 Å². The summed E-state index contributed by atoms with van der Waals surface area (Å²) in [5.41, 5.74) is 0.885. The van der Waals surface area contributed by atoms with Crippen LogP contribution in [-0.4, -0.2) is 18.8 Å². The lowest BCUT2D eigenvalue weighted by molar-refractivity contribution is 0.255. The number of oxazole rings is 1. The fourth-order valence-electron chi connectivity index (χ4n) is 3.60. The fourth-order valence-corrected chi connectivity index (χ4v) is 7.76. The van der Waals surface area contributed by atoms with Gasteiger partial charge in [0.15, 0.2) is 13.2 Å². The highest BCUT2D eigenvalue weighted by Crippen LogP contribution is 2.55. The highest BCUT2D eigenvalue weighted by atomic mass is 31.2. The molecule has 0 saturated carbocycles. The van der Waals surface area contributed by atoms with Crippen molar-refractivity contribution in [3.05, 3.63) is 96.9 Å². The molecule has 3 aromatic carbocycles. The predicted molar refractivity (Wildman–Crippen MR) is 127 cm³/mol. The van der Waals surface area contributed by atoms with Crippen LogP contribution in [0.1, 0.15) is 12.8 Å². The monoisotopic (exact) mass is 475 g/mol. The van der Waals surface area contributed by atoms with Gasteiger partial charge in [-0.15, -0.1) is 0 Å². The molecule has 0 radical (unpaired) electrons. The lowest BCUT2D eigenvalue weighted by atomic mass is 10.3. The highest BCUT2D eigenvalue weighted by molar-refractivity contribution is 8.01. The second kappa shape index (κ2) is 10.7. The predicted octanol–water partition coefficient (Wildman–Crippen LogP) is 5.30. The number of benzene rings is 3. The summed E-state index contributed by atoms with van der Waals surface area (Å²) in [6.07, 6.45) is 0. The lowest BCUT2D eigenvalue weighted by Crippen LogP contribution is -2.39. The molecule has 1 heterocycles. The Morgan fingerprint density at radius 3 is 1.45 bits per heavy atom. The lowest BCUT2D eigenvalue weighted by Gasteiger charge is -2.25. The summed E-state index contributed by atoms with van der Waals surface area (Å²) < 4.78 is 50.8. The van der Waals surface area contributed by atoms with Crippen molar-refractivity contribution in [1.82, 2.24) is 4.98 Å². The summed E-state index contributed by atoms with van der Waals surface area (Å²) in [5, 5.41) is 3.67. The third-order valence-electron chi connectivity index (χ3n) is 4.71. The fraction of sp³-hybridized carbons (Fsp3) is 0.125. The van der Waals surface area contributed by atoms with Crippen LogP contribution >= 0.6 is 7.26 Å². The Morgan fingerprint density at radius 2 is 1.12 bits per heavy atom. The SMILES string of the molecule is CCOc1oc(C)nc1[P+](c1ccccc1)(c1ccccc1)c1ccccc1.F[B-](F)(F)F. The number of hydrogen-bond donors (Lipinski definition) is 0. The molecule has 1 aromatic heterocycles. The summed E-state index contributed by atoms with van der Waals surface area (Å²) in [7, 11) is -8.28. The zero-order valence-corrected chi connectivity index (χ0v) is 19.1. The molecule has 9 heteroatoms. The maximum Gasteiger partial charge on any atom is 0.673 e. The molecular weight excluding hydrogens is 452 g/mol. The third-order valence-corrected chi connectivity index (χ3v) is 8.85. The van der Waals surface area contributed by atoms with Crippen LogP contribution in [0.15, 0.2) is 95.4 Å². The Hall–Kier alpha value is -3.12. The second-order valence-electron chi connectivity index (χ2n) is 6.95. The molecule has 0 aliphatic heterocycles. The quantitative estimate of drug-likeness (QED) is 0.216. The Kier molecular flexibility index (Phi) is 7.93. The van der Waals surface area contributed by atoms with E-state index in [9.17, 15) is 17.3 Å². The van der Waals surface area contributed by atoms with Gasteiger partial charge < -0.3 is 26.4 Å². The molecular formula is C24H23BF4NO2P. The Balaban J connectivity index is 0.000000555. The first-order valence-electron chi connectivity index (χ1n) is 10.3. The number of hydrogen-bond acceptors (Lipinski definition) is 3. The van der Waals surface area contributed by atoms with Crippen LogP contribution in [0.4, 0.5) is 17.3 Å². The normalized spacial score (nSPS) is 11.5. The topological polar surface area (TPSA) is 35.3 Å². The first-order chi connectivity index (χ1) is 15.8. The largest absolute Gasteiger partial charge is 0.673 e. The first-order valence-corrected chi connectivity index (χ1v) is 12.1. The summed E-state index contributed by atoms with van der Waals surface area (Å²) in [4.78, 5) is 4.89. The molecule has 0 aliphatic carbocycles. The minimum Gasteiger partial charge on any atom is -0.461 e. The maximum absolute atomic E-state index is 9.75. The van der Waals surface area contributed by atoms with Crippen molar-refractivity contribution in [1.29, 1.82) is 0 Å². The molecule has 4 aromatic rings. The van der Waals surface area contributed by atoms with Gasteiger partial charge in [0, 0.05) is 6.92 Å². The minimum absolute atomic E-state index is 0.518. The Morgan fingerprint density at radius 1 is 0.758 bits per heavy atom. The molecule has 0 bridgehead atoms. The van der Waals surface area contributed by atoms with Crippen molar-refractivity contribution >= 4 is 35.9 Å². The molecule has 0 fully saturated rings. The van der Waals surface area contributed by atoms with E-state index in [1.807, 2.05) is 32.0 Å². The molecule has 33 heavy (non-hydrogen) atoms. The van der Waals surface area contributed by atoms with E-state index in [0.29, 0.717) is 18.4 Å². The van der Waals surface area contributed by atoms with E-state index in [1.54, 1.807) is 0 Å². The molecule has 0 N–H and O–H groups in total. The van der Waals surface area contributed by atoms with Crippen LogP contribution in [0.2, 0.25) is 0 Å². The van der Waals surface area contributed by atoms with Crippen LogP contribution in [0, 0.1) is 6.92 Å². The Bertz CT molecular complexity index is 1040. The number of aryl methyl sites for hydroxylation is 1. The van der Waals surface area contributed by atoms with Gasteiger partial charge in [-0.3, -0.25) is 0 Å². The van der Waals surface area contributed by atoms with E-state index in [0.717, 1.165) is 5.44 Å². The maximum atomic E-state index is 9.75. The van der Waals surface area contributed by atoms with Crippen molar-refractivity contribution in [3.63, 3.8) is 0 Å². The van der Waals surface area contributed by atoms with Gasteiger partial charge >= 0.3 is 13.2 Å². The van der Waals surface area contributed by atoms with Crippen LogP contribution < -0.4 is 26.1 Å². The van der Waals surface area contributed by atoms with Crippen LogP contribution in [-0.2, 0) is 0 Å². The van der Waals surface area contributed by atoms with Gasteiger partial charge in [-0.2, -0.15) is 4.98 Å². The number of halogens is 4. The average Bonchev–Trinajstić information content (AvgIpc) is 3.16. The zero-order chi connectivity index (χ0) is 23.9. The van der Waals surface area contributed by atoms with E-state index in [1.165, 1.54) is 15.9 Å². The molecule has 0 amide bonds. The van der Waals surface area contributed by atoms with Crippen molar-refractivity contribution in [2.75, 3.05) is 6.61 Å². The van der Waals surface area contributed by atoms with Gasteiger partial charge in [0.1, 0.15) is 15.9 Å². The molecule has 0 spiro atoms. The summed E-state index contributed by atoms with van der Waals surface area (Å²) >= 11 is 0. The van der Waals surface area contributed by atoms with E-state index in [4.69, 9.17) is 14.1 Å². The molecule has 0 aliphatic rings. The van der Waals surface area contributed by atoms with E-state index in [-0.39, 0.29) is 0 Å². The van der Waals surface area contributed by atoms with Gasteiger partial charge in [-0.05, 0) is 43.3 Å². The molecule has 0 saturated heterocycles. The van der Waals surface area contributed by atoms with Crippen molar-refractivity contribution in [3.8, 4) is 5.95 Å². The molecule has 4 rings (SSSR count). The smallest absolute Gasteiger partial charge is 0.461 e. The molecule has 172 valence electrons. The van der Waals surface area contributed by atoms with Gasteiger partial charge in [-0.25, -0.2) is 0 Å². The number of nitrogens with zero attached hydrogens (tertiary/aromatic N) is 1. The van der Waals surface area contributed by atoms with Crippen molar-refractivity contribution < 1.29 is 26.4 Å². The average molecular weight is 475 g/mol. The van der Waals surface area contributed by atoms with E-state index < -0.39 is 14.5 Å². The number of ether oxygens (including phenoxy) is 1. The number of rotatable bonds is 6. The molecule has 3 nitrogen and oxygen atoms in total. The van der Waals surface area contributed by atoms with Crippen molar-refractivity contribution in [2.45, 2.75) is 13.8 Å². The first kappa shape index (κ1) is 24.5. The highest BCUT2D eigenvalue weighted by Gasteiger charge is 2.53. The van der Waals surface area contributed by atoms with E-state index in [2.05, 4.69) is 72.8 Å². The standard InChI is InChI=1S/C24H23NO2P.BF4/c1-3-26-24-23(25-19(2)27-24)28(20-13-7-4-8-14-20,21-15-9-5-10-16-21)22-17-11-6-12-18-22;2-1(3,4)5/h4-18H,3H2,1-2H3;/q+1;-1. The summed E-state index contributed by atoms with van der Waals surface area (Å²) in [6.45, 7) is 4.37. The van der Waals surface area contributed by atoms with Crippen LogP contribution in [0.5, 0.6) is 5.95 Å². The van der Waals surface area contributed by atoms with Crippen molar-refractivity contribution in [2.24, 2.45) is 0 Å². The zero-order valence-electron chi connectivity index (χ0n) is 18.2. The second-order valence-corrected chi connectivity index (χ2v) is 10.3. The van der Waals surface area contributed by atoms with Gasteiger partial charge in [0.25, 0.3) is 5.44 Å². The van der Waals surface area contributed by atoms with Gasteiger partial charge in [0.2, 0.25) is 0 Å². The molecule has 0 unspecified atom stereocenters. The summed E-state index contributed by atoms with van der Waals surface area (Å²) in [5.74, 6) is 1.13. The minimum atomic E-state index is -6.00. The van der Waals surface area contributed by atoms with Crippen LogP contribution in [0.25, 0.3) is 0 Å².